The Morgan fingerprint density at radius 3 is 0.864 bits per heavy atom. The number of hydrogen-bond donors (Lipinski definition) is 0. The molecule has 0 heterocycles. The minimum atomic E-state index is -0.780. The van der Waals surface area contributed by atoms with Gasteiger partial charge in [0.1, 0.15) is 13.2 Å². The van der Waals surface area contributed by atoms with Crippen LogP contribution in [0, 0.1) is 0 Å². The largest absolute Gasteiger partial charge is 0.462 e. The average Bonchev–Trinajstić information content (AvgIpc) is 3.31. The van der Waals surface area contributed by atoms with Gasteiger partial charge in [-0.3, -0.25) is 14.4 Å². The molecule has 0 saturated heterocycles. The Hall–Kier alpha value is -2.63. The quantitative estimate of drug-likeness (QED) is 0.0262. The van der Waals surface area contributed by atoms with Gasteiger partial charge in [0.05, 0.1) is 0 Å². The molecule has 0 rings (SSSR count). The van der Waals surface area contributed by atoms with Gasteiger partial charge in [-0.15, -0.1) is 0 Å². The van der Waals surface area contributed by atoms with Crippen LogP contribution in [0.5, 0.6) is 0 Å². The van der Waals surface area contributed by atoms with E-state index in [-0.39, 0.29) is 31.1 Å². The van der Waals surface area contributed by atoms with Crippen LogP contribution < -0.4 is 0 Å². The van der Waals surface area contributed by atoms with E-state index in [9.17, 15) is 14.4 Å². The van der Waals surface area contributed by atoms with E-state index in [4.69, 9.17) is 14.2 Å². The number of carbonyl (C=O) groups is 3. The second kappa shape index (κ2) is 55.0. The predicted molar refractivity (Wildman–Crippen MR) is 284 cm³/mol. The summed E-state index contributed by atoms with van der Waals surface area (Å²) < 4.78 is 16.9. The van der Waals surface area contributed by atoms with Gasteiger partial charge in [0.15, 0.2) is 6.10 Å². The zero-order valence-electron chi connectivity index (χ0n) is 44.0. The molecule has 0 aromatic rings. The Balaban J connectivity index is 4.38. The van der Waals surface area contributed by atoms with Crippen LogP contribution in [0.2, 0.25) is 0 Å². The van der Waals surface area contributed by atoms with E-state index in [0.29, 0.717) is 19.3 Å². The summed E-state index contributed by atoms with van der Waals surface area (Å²) in [5.41, 5.74) is 0. The van der Waals surface area contributed by atoms with Crippen LogP contribution in [0.3, 0.4) is 0 Å². The van der Waals surface area contributed by atoms with Crippen LogP contribution in [-0.2, 0) is 28.6 Å². The van der Waals surface area contributed by atoms with Crippen LogP contribution in [0.15, 0.2) is 48.6 Å². The van der Waals surface area contributed by atoms with Gasteiger partial charge < -0.3 is 14.2 Å². The first-order valence-corrected chi connectivity index (χ1v) is 28.6. The number of allylic oxidation sites excluding steroid dienone is 8. The van der Waals surface area contributed by atoms with Crippen molar-refractivity contribution in [2.45, 2.75) is 303 Å². The third-order valence-electron chi connectivity index (χ3n) is 12.6. The van der Waals surface area contributed by atoms with E-state index in [1.807, 2.05) is 0 Å². The van der Waals surface area contributed by atoms with Crippen molar-refractivity contribution in [2.75, 3.05) is 13.2 Å². The summed E-state index contributed by atoms with van der Waals surface area (Å²) in [5, 5.41) is 0. The van der Waals surface area contributed by atoms with E-state index in [2.05, 4.69) is 69.4 Å². The molecule has 0 aliphatic rings. The summed E-state index contributed by atoms with van der Waals surface area (Å²) in [6.07, 6.45) is 66.6. The van der Waals surface area contributed by atoms with Gasteiger partial charge in [0.25, 0.3) is 0 Å². The smallest absolute Gasteiger partial charge is 0.306 e. The van der Waals surface area contributed by atoms with Crippen LogP contribution in [0.4, 0.5) is 0 Å². The predicted octanol–water partition coefficient (Wildman–Crippen LogP) is 19.0. The van der Waals surface area contributed by atoms with E-state index in [0.717, 1.165) is 89.9 Å². The number of unbranched alkanes of at least 4 members (excludes halogenated alkanes) is 33. The molecule has 0 aliphatic heterocycles. The van der Waals surface area contributed by atoms with E-state index in [1.165, 1.54) is 167 Å². The molecule has 0 unspecified atom stereocenters. The molecule has 0 radical (unpaired) electrons. The summed E-state index contributed by atoms with van der Waals surface area (Å²) in [7, 11) is 0. The number of esters is 3. The lowest BCUT2D eigenvalue weighted by atomic mass is 10.0. The van der Waals surface area contributed by atoms with Crippen molar-refractivity contribution in [2.24, 2.45) is 0 Å². The number of carbonyl (C=O) groups excluding carboxylic acids is 3. The highest BCUT2D eigenvalue weighted by molar-refractivity contribution is 5.71. The molecule has 0 spiro atoms. The van der Waals surface area contributed by atoms with Gasteiger partial charge in [-0.2, -0.15) is 0 Å². The Morgan fingerprint density at radius 1 is 0.303 bits per heavy atom. The fourth-order valence-electron chi connectivity index (χ4n) is 8.21. The minimum absolute atomic E-state index is 0.0792. The van der Waals surface area contributed by atoms with Crippen LogP contribution >= 0.6 is 0 Å². The first-order valence-electron chi connectivity index (χ1n) is 28.6. The van der Waals surface area contributed by atoms with Gasteiger partial charge >= 0.3 is 17.9 Å². The molecule has 0 N–H and O–H groups in total. The lowest BCUT2D eigenvalue weighted by molar-refractivity contribution is -0.167. The SMILES string of the molecule is CCCCC/C=C\C/C=C\CCCCCCCCCC(=O)OC[C@@H](COC(=O)CCCCCCC/C=C\C/C=C\CCCCC)OC(=O)CCCCCCCCCCCCCCCCCC. The first kappa shape index (κ1) is 63.4. The summed E-state index contributed by atoms with van der Waals surface area (Å²) in [6.45, 7) is 6.60. The van der Waals surface area contributed by atoms with Gasteiger partial charge in [0, 0.05) is 19.3 Å². The summed E-state index contributed by atoms with van der Waals surface area (Å²) in [4.78, 5) is 38.1. The van der Waals surface area contributed by atoms with Crippen molar-refractivity contribution < 1.29 is 28.6 Å². The molecule has 6 heteroatoms. The highest BCUT2D eigenvalue weighted by atomic mass is 16.6. The third kappa shape index (κ3) is 52.3. The molecule has 0 saturated carbocycles. The Bertz CT molecular complexity index is 1150. The Labute approximate surface area is 409 Å². The molecular weight excluding hydrogens is 817 g/mol. The second-order valence-electron chi connectivity index (χ2n) is 19.2. The highest BCUT2D eigenvalue weighted by Gasteiger charge is 2.19. The fraction of sp³-hybridized carbons (Fsp3) is 0.817. The molecule has 0 aromatic heterocycles. The van der Waals surface area contributed by atoms with Gasteiger partial charge in [-0.25, -0.2) is 0 Å². The van der Waals surface area contributed by atoms with Crippen molar-refractivity contribution in [3.63, 3.8) is 0 Å². The van der Waals surface area contributed by atoms with E-state index in [1.54, 1.807) is 0 Å². The van der Waals surface area contributed by atoms with Gasteiger partial charge in [-0.05, 0) is 83.5 Å². The summed E-state index contributed by atoms with van der Waals surface area (Å²) in [6, 6.07) is 0. The molecule has 0 aliphatic carbocycles. The molecule has 0 fully saturated rings. The van der Waals surface area contributed by atoms with Crippen molar-refractivity contribution in [1.29, 1.82) is 0 Å². The molecule has 0 amide bonds. The van der Waals surface area contributed by atoms with E-state index < -0.39 is 6.10 Å². The minimum Gasteiger partial charge on any atom is -0.462 e. The monoisotopic (exact) mass is 925 g/mol. The van der Waals surface area contributed by atoms with Crippen molar-refractivity contribution in [1.82, 2.24) is 0 Å². The first-order chi connectivity index (χ1) is 32.5. The van der Waals surface area contributed by atoms with Crippen molar-refractivity contribution in [3.8, 4) is 0 Å². The second-order valence-corrected chi connectivity index (χ2v) is 19.2. The van der Waals surface area contributed by atoms with E-state index >= 15 is 0 Å². The molecule has 0 bridgehead atoms. The summed E-state index contributed by atoms with van der Waals surface area (Å²) >= 11 is 0. The lowest BCUT2D eigenvalue weighted by Gasteiger charge is -2.18. The maximum absolute atomic E-state index is 12.8. The van der Waals surface area contributed by atoms with Gasteiger partial charge in [0.2, 0.25) is 0 Å². The van der Waals surface area contributed by atoms with Crippen LogP contribution in [-0.4, -0.2) is 37.2 Å². The molecule has 6 nitrogen and oxygen atoms in total. The normalized spacial score (nSPS) is 12.3. The number of hydrogen-bond acceptors (Lipinski definition) is 6. The summed E-state index contributed by atoms with van der Waals surface area (Å²) in [5.74, 6) is -0.885. The molecule has 0 aromatic carbocycles. The van der Waals surface area contributed by atoms with Gasteiger partial charge in [-0.1, -0.05) is 243 Å². The van der Waals surface area contributed by atoms with Crippen LogP contribution in [0.1, 0.15) is 297 Å². The topological polar surface area (TPSA) is 78.9 Å². The maximum Gasteiger partial charge on any atom is 0.306 e. The zero-order chi connectivity index (χ0) is 47.9. The molecule has 1 atom stereocenters. The molecular formula is C60H108O6. The Morgan fingerprint density at radius 2 is 0.545 bits per heavy atom. The van der Waals surface area contributed by atoms with Crippen LogP contribution in [0.25, 0.3) is 0 Å². The lowest BCUT2D eigenvalue weighted by Crippen LogP contribution is -2.30. The molecule has 66 heavy (non-hydrogen) atoms. The number of rotatable bonds is 52. The Kier molecular flexibility index (Phi) is 52.8. The highest BCUT2D eigenvalue weighted by Crippen LogP contribution is 2.16. The average molecular weight is 926 g/mol. The van der Waals surface area contributed by atoms with Crippen molar-refractivity contribution >= 4 is 17.9 Å². The van der Waals surface area contributed by atoms with Crippen molar-refractivity contribution in [3.05, 3.63) is 48.6 Å². The standard InChI is InChI=1S/C60H108O6/c1-4-7-10-13-16-19-22-25-28-30-33-35-38-41-44-47-50-53-59(62)65-56-57(55-64-58(61)52-49-46-43-40-37-34-31-27-24-21-18-15-12-9-6-3)66-60(63)54-51-48-45-42-39-36-32-29-26-23-20-17-14-11-8-5-2/h16,18-19,21,25,27-28,31,57H,4-15,17,20,22-24,26,29-30,32-56H2,1-3H3/b19-16-,21-18-,28-25-,31-27-/t57-/m1/s1. The third-order valence-corrected chi connectivity index (χ3v) is 12.6. The maximum atomic E-state index is 12.8. The molecule has 384 valence electrons. The number of ether oxygens (including phenoxy) is 3. The zero-order valence-corrected chi connectivity index (χ0v) is 44.0. The fourth-order valence-corrected chi connectivity index (χ4v) is 8.21.